The number of allylic oxidation sites excluding steroid dienone is 2. The third-order valence-corrected chi connectivity index (χ3v) is 3.90. The largest absolute Gasteiger partial charge is 0.362 e. The van der Waals surface area contributed by atoms with Crippen LogP contribution in [0.2, 0.25) is 0 Å². The highest BCUT2D eigenvalue weighted by atomic mass is 16.5. The molecule has 16 heavy (non-hydrogen) atoms. The maximum Gasteiger partial charge on any atom is 0.115 e. The van der Waals surface area contributed by atoms with Crippen molar-refractivity contribution in [3.05, 3.63) is 48.1 Å². The standard InChI is InChI=1S/C15H20O/c1-5-14-8-9-16-15(14)10-13(11(2)3)7-6-12(15)4/h5-6,8,13H,1-2,7,9-10H2,3-4H3/t13-,15?/m1/s1. The molecule has 1 aliphatic carbocycles. The highest BCUT2D eigenvalue weighted by molar-refractivity contribution is 5.43. The van der Waals surface area contributed by atoms with Gasteiger partial charge in [0, 0.05) is 0 Å². The highest BCUT2D eigenvalue weighted by Gasteiger charge is 2.42. The summed E-state index contributed by atoms with van der Waals surface area (Å²) in [4.78, 5) is 0. The normalized spacial score (nSPS) is 33.5. The van der Waals surface area contributed by atoms with E-state index in [0.717, 1.165) is 12.8 Å². The number of ether oxygens (including phenoxy) is 1. The van der Waals surface area contributed by atoms with Crippen molar-refractivity contribution in [2.45, 2.75) is 32.3 Å². The number of hydrogen-bond donors (Lipinski definition) is 0. The van der Waals surface area contributed by atoms with Crippen LogP contribution in [0.15, 0.2) is 48.1 Å². The lowest BCUT2D eigenvalue weighted by Gasteiger charge is -2.39. The van der Waals surface area contributed by atoms with E-state index in [9.17, 15) is 0 Å². The van der Waals surface area contributed by atoms with Crippen molar-refractivity contribution in [1.82, 2.24) is 0 Å². The Morgan fingerprint density at radius 2 is 2.31 bits per heavy atom. The molecule has 0 radical (unpaired) electrons. The third kappa shape index (κ3) is 1.60. The minimum absolute atomic E-state index is 0.205. The summed E-state index contributed by atoms with van der Waals surface area (Å²) in [5.74, 6) is 0.533. The van der Waals surface area contributed by atoms with E-state index in [1.54, 1.807) is 0 Å². The van der Waals surface area contributed by atoms with Crippen molar-refractivity contribution in [3.8, 4) is 0 Å². The van der Waals surface area contributed by atoms with Crippen LogP contribution >= 0.6 is 0 Å². The van der Waals surface area contributed by atoms with Gasteiger partial charge in [0.05, 0.1) is 6.61 Å². The SMILES string of the molecule is C=CC1=CCOC12C[C@H](C(=C)C)CC=C2C. The van der Waals surface area contributed by atoms with Crippen molar-refractivity contribution in [3.63, 3.8) is 0 Å². The van der Waals surface area contributed by atoms with Crippen molar-refractivity contribution in [2.24, 2.45) is 5.92 Å². The average molecular weight is 216 g/mol. The summed E-state index contributed by atoms with van der Waals surface area (Å²) < 4.78 is 6.00. The fourth-order valence-corrected chi connectivity index (χ4v) is 2.74. The van der Waals surface area contributed by atoms with Gasteiger partial charge in [0.25, 0.3) is 0 Å². The van der Waals surface area contributed by atoms with Gasteiger partial charge in [-0.25, -0.2) is 0 Å². The molecular formula is C15H20O. The Hall–Kier alpha value is -1.08. The Kier molecular flexibility index (Phi) is 2.90. The van der Waals surface area contributed by atoms with Crippen LogP contribution in [-0.2, 0) is 4.74 Å². The van der Waals surface area contributed by atoms with E-state index in [4.69, 9.17) is 4.74 Å². The van der Waals surface area contributed by atoms with E-state index in [2.05, 4.69) is 39.2 Å². The monoisotopic (exact) mass is 216 g/mol. The number of hydrogen-bond acceptors (Lipinski definition) is 1. The van der Waals surface area contributed by atoms with Gasteiger partial charge in [0.15, 0.2) is 0 Å². The summed E-state index contributed by atoms with van der Waals surface area (Å²) in [5.41, 5.74) is 3.60. The first-order valence-electron chi connectivity index (χ1n) is 5.90. The van der Waals surface area contributed by atoms with E-state index in [1.165, 1.54) is 16.7 Å². The maximum absolute atomic E-state index is 6.00. The second-order valence-corrected chi connectivity index (χ2v) is 4.87. The van der Waals surface area contributed by atoms with Gasteiger partial charge in [-0.1, -0.05) is 37.0 Å². The van der Waals surface area contributed by atoms with E-state index in [1.807, 2.05) is 6.08 Å². The van der Waals surface area contributed by atoms with Gasteiger partial charge >= 0.3 is 0 Å². The minimum Gasteiger partial charge on any atom is -0.362 e. The predicted octanol–water partition coefficient (Wildman–Crippen LogP) is 3.80. The molecule has 0 aromatic carbocycles. The first-order valence-corrected chi connectivity index (χ1v) is 5.90. The lowest BCUT2D eigenvalue weighted by molar-refractivity contribution is 0.0291. The minimum atomic E-state index is -0.205. The van der Waals surface area contributed by atoms with Gasteiger partial charge in [-0.2, -0.15) is 0 Å². The van der Waals surface area contributed by atoms with Crippen LogP contribution in [0, 0.1) is 5.92 Å². The summed E-state index contributed by atoms with van der Waals surface area (Å²) in [5, 5.41) is 0. The Bertz CT molecular complexity index is 386. The van der Waals surface area contributed by atoms with Gasteiger partial charge in [-0.15, -0.1) is 0 Å². The van der Waals surface area contributed by atoms with E-state index < -0.39 is 0 Å². The molecular weight excluding hydrogens is 196 g/mol. The van der Waals surface area contributed by atoms with Crippen molar-refractivity contribution in [1.29, 1.82) is 0 Å². The predicted molar refractivity (Wildman–Crippen MR) is 68.3 cm³/mol. The molecule has 0 aromatic heterocycles. The first kappa shape index (κ1) is 11.4. The molecule has 0 saturated carbocycles. The van der Waals surface area contributed by atoms with Gasteiger partial charge in [-0.05, 0) is 43.8 Å². The second-order valence-electron chi connectivity index (χ2n) is 4.87. The summed E-state index contributed by atoms with van der Waals surface area (Å²) in [6.45, 7) is 13.0. The quantitative estimate of drug-likeness (QED) is 0.638. The molecule has 0 bridgehead atoms. The summed E-state index contributed by atoms with van der Waals surface area (Å²) in [7, 11) is 0. The van der Waals surface area contributed by atoms with Crippen LogP contribution in [0.1, 0.15) is 26.7 Å². The molecule has 2 aliphatic rings. The Labute approximate surface area is 98.2 Å². The highest BCUT2D eigenvalue weighted by Crippen LogP contribution is 2.45. The molecule has 0 aromatic rings. The zero-order chi connectivity index (χ0) is 11.8. The molecule has 1 heterocycles. The van der Waals surface area contributed by atoms with Crippen LogP contribution in [0.5, 0.6) is 0 Å². The molecule has 0 saturated heterocycles. The number of rotatable bonds is 2. The van der Waals surface area contributed by atoms with Crippen LogP contribution in [0.25, 0.3) is 0 Å². The van der Waals surface area contributed by atoms with Crippen LogP contribution in [0.3, 0.4) is 0 Å². The molecule has 1 spiro atoms. The Morgan fingerprint density at radius 1 is 1.56 bits per heavy atom. The third-order valence-electron chi connectivity index (χ3n) is 3.90. The first-order chi connectivity index (χ1) is 7.60. The van der Waals surface area contributed by atoms with Crippen molar-refractivity contribution < 1.29 is 4.74 Å². The molecule has 0 amide bonds. The summed E-state index contributed by atoms with van der Waals surface area (Å²) >= 11 is 0. The van der Waals surface area contributed by atoms with Gasteiger partial charge in [-0.3, -0.25) is 0 Å². The van der Waals surface area contributed by atoms with E-state index in [0.29, 0.717) is 12.5 Å². The van der Waals surface area contributed by atoms with Crippen molar-refractivity contribution >= 4 is 0 Å². The zero-order valence-electron chi connectivity index (χ0n) is 10.3. The lowest BCUT2D eigenvalue weighted by Crippen LogP contribution is -2.37. The van der Waals surface area contributed by atoms with E-state index >= 15 is 0 Å². The smallest absolute Gasteiger partial charge is 0.115 e. The van der Waals surface area contributed by atoms with Gasteiger partial charge in [0.1, 0.15) is 5.60 Å². The average Bonchev–Trinajstić information content (AvgIpc) is 2.66. The maximum atomic E-state index is 6.00. The summed E-state index contributed by atoms with van der Waals surface area (Å²) in [6.07, 6.45) is 8.49. The van der Waals surface area contributed by atoms with Gasteiger partial charge < -0.3 is 4.74 Å². The Balaban J connectivity index is 2.36. The van der Waals surface area contributed by atoms with Crippen LogP contribution in [0.4, 0.5) is 0 Å². The molecule has 2 rings (SSSR count). The van der Waals surface area contributed by atoms with Gasteiger partial charge in [0.2, 0.25) is 0 Å². The summed E-state index contributed by atoms with van der Waals surface area (Å²) in [6, 6.07) is 0. The molecule has 1 heteroatoms. The van der Waals surface area contributed by atoms with Crippen LogP contribution < -0.4 is 0 Å². The topological polar surface area (TPSA) is 9.23 Å². The molecule has 1 aliphatic heterocycles. The molecule has 1 unspecified atom stereocenters. The zero-order valence-corrected chi connectivity index (χ0v) is 10.3. The Morgan fingerprint density at radius 3 is 2.94 bits per heavy atom. The fourth-order valence-electron chi connectivity index (χ4n) is 2.74. The van der Waals surface area contributed by atoms with Crippen LogP contribution in [-0.4, -0.2) is 12.2 Å². The molecule has 0 fully saturated rings. The molecule has 86 valence electrons. The van der Waals surface area contributed by atoms with E-state index in [-0.39, 0.29) is 5.60 Å². The molecule has 0 N–H and O–H groups in total. The van der Waals surface area contributed by atoms with Crippen molar-refractivity contribution in [2.75, 3.05) is 6.61 Å². The second kappa shape index (κ2) is 4.06. The molecule has 1 nitrogen and oxygen atoms in total. The molecule has 2 atom stereocenters. The lowest BCUT2D eigenvalue weighted by atomic mass is 9.72. The fraction of sp³-hybridized carbons (Fsp3) is 0.467.